The zero-order valence-corrected chi connectivity index (χ0v) is 11.4. The third kappa shape index (κ3) is 1.65. The van der Waals surface area contributed by atoms with Crippen LogP contribution in [0.5, 0.6) is 0 Å². The van der Waals surface area contributed by atoms with Gasteiger partial charge in [0.1, 0.15) is 5.82 Å². The number of nitrogens with zero attached hydrogens (tertiary/aromatic N) is 1. The molecule has 1 saturated carbocycles. The number of anilines is 1. The average Bonchev–Trinajstić information content (AvgIpc) is 2.75. The zero-order valence-electron chi connectivity index (χ0n) is 11.4. The van der Waals surface area contributed by atoms with Gasteiger partial charge >= 0.3 is 5.97 Å². The van der Waals surface area contributed by atoms with Crippen LogP contribution in [0.3, 0.4) is 0 Å². The molecule has 2 atom stereocenters. The molecule has 0 bridgehead atoms. The molecule has 4 nitrogen and oxygen atoms in total. The Morgan fingerprint density at radius 2 is 2.05 bits per heavy atom. The summed E-state index contributed by atoms with van der Waals surface area (Å²) in [7, 11) is 0. The van der Waals surface area contributed by atoms with E-state index in [1.54, 1.807) is 26.0 Å². The molecule has 1 N–H and O–H groups in total. The fourth-order valence-electron chi connectivity index (χ4n) is 3.35. The molecule has 2 aliphatic rings. The average molecular weight is 277 g/mol. The maximum atomic E-state index is 13.7. The molecule has 20 heavy (non-hydrogen) atoms. The van der Waals surface area contributed by atoms with Gasteiger partial charge in [-0.3, -0.25) is 9.59 Å². The lowest BCUT2D eigenvalue weighted by Crippen LogP contribution is -2.32. The molecular formula is C15H16FNO3. The summed E-state index contributed by atoms with van der Waals surface area (Å²) in [4.78, 5) is 25.3. The van der Waals surface area contributed by atoms with Crippen LogP contribution in [0, 0.1) is 23.1 Å². The van der Waals surface area contributed by atoms with Crippen molar-refractivity contribution >= 4 is 17.6 Å². The van der Waals surface area contributed by atoms with E-state index in [9.17, 15) is 14.0 Å². The van der Waals surface area contributed by atoms with Gasteiger partial charge < -0.3 is 10.0 Å². The summed E-state index contributed by atoms with van der Waals surface area (Å²) >= 11 is 0. The zero-order chi connectivity index (χ0) is 14.7. The van der Waals surface area contributed by atoms with E-state index >= 15 is 0 Å². The number of hydrogen-bond acceptors (Lipinski definition) is 2. The SMILES string of the molecule is CC1(C)[C@H](C(=O)O)[C@@H]1C(=O)N1CCc2c(F)cccc21. The molecule has 0 saturated heterocycles. The van der Waals surface area contributed by atoms with Crippen LogP contribution in [0.1, 0.15) is 19.4 Å². The Labute approximate surface area is 116 Å². The van der Waals surface area contributed by atoms with Gasteiger partial charge in [-0.1, -0.05) is 19.9 Å². The van der Waals surface area contributed by atoms with Gasteiger partial charge in [-0.15, -0.1) is 0 Å². The normalized spacial score (nSPS) is 26.2. The number of aliphatic carboxylic acids is 1. The number of fused-ring (bicyclic) bond motifs is 1. The first-order valence-corrected chi connectivity index (χ1v) is 6.67. The molecule has 1 amide bonds. The Morgan fingerprint density at radius 1 is 1.35 bits per heavy atom. The van der Waals surface area contributed by atoms with Crippen LogP contribution in [0.4, 0.5) is 10.1 Å². The van der Waals surface area contributed by atoms with Gasteiger partial charge in [0.2, 0.25) is 5.91 Å². The summed E-state index contributed by atoms with van der Waals surface area (Å²) in [5.74, 6) is -2.61. The maximum absolute atomic E-state index is 13.7. The van der Waals surface area contributed by atoms with E-state index in [1.165, 1.54) is 11.0 Å². The van der Waals surface area contributed by atoms with E-state index < -0.39 is 23.2 Å². The Balaban J connectivity index is 1.89. The standard InChI is InChI=1S/C15H16FNO3/c1-15(2)11(12(15)14(19)20)13(18)17-7-6-8-9(16)4-3-5-10(8)17/h3-5,11-12H,6-7H2,1-2H3,(H,19,20)/t11-,12+/m1/s1. The minimum atomic E-state index is -0.938. The van der Waals surface area contributed by atoms with Crippen LogP contribution in [-0.4, -0.2) is 23.5 Å². The van der Waals surface area contributed by atoms with Crippen molar-refractivity contribution < 1.29 is 19.1 Å². The number of hydrogen-bond donors (Lipinski definition) is 1. The number of carbonyl (C=O) groups is 2. The highest BCUT2D eigenvalue weighted by atomic mass is 19.1. The molecule has 0 spiro atoms. The lowest BCUT2D eigenvalue weighted by Gasteiger charge is -2.18. The maximum Gasteiger partial charge on any atom is 0.307 e. The van der Waals surface area contributed by atoms with Crippen LogP contribution in [0.15, 0.2) is 18.2 Å². The topological polar surface area (TPSA) is 57.6 Å². The van der Waals surface area contributed by atoms with Crippen LogP contribution < -0.4 is 4.90 Å². The minimum Gasteiger partial charge on any atom is -0.481 e. The predicted octanol–water partition coefficient (Wildman–Crippen LogP) is 2.07. The number of carbonyl (C=O) groups excluding carboxylic acids is 1. The second-order valence-corrected chi connectivity index (χ2v) is 6.09. The van der Waals surface area contributed by atoms with E-state index in [4.69, 9.17) is 5.11 Å². The summed E-state index contributed by atoms with van der Waals surface area (Å²) in [6.45, 7) is 4.00. The summed E-state index contributed by atoms with van der Waals surface area (Å²) in [5.41, 5.74) is 0.604. The second kappa shape index (κ2) is 4.04. The molecule has 1 heterocycles. The van der Waals surface area contributed by atoms with E-state index in [2.05, 4.69) is 0 Å². The number of amides is 1. The number of carboxylic acids is 1. The van der Waals surface area contributed by atoms with Crippen molar-refractivity contribution in [2.75, 3.05) is 11.4 Å². The first-order valence-electron chi connectivity index (χ1n) is 6.67. The summed E-state index contributed by atoms with van der Waals surface area (Å²) < 4.78 is 13.7. The first-order chi connectivity index (χ1) is 9.35. The van der Waals surface area contributed by atoms with Crippen LogP contribution >= 0.6 is 0 Å². The Bertz CT molecular complexity index is 611. The lowest BCUT2D eigenvalue weighted by molar-refractivity contribution is -0.140. The van der Waals surface area contributed by atoms with Crippen LogP contribution in [0.2, 0.25) is 0 Å². The third-order valence-electron chi connectivity index (χ3n) is 4.60. The van der Waals surface area contributed by atoms with Crippen molar-refractivity contribution in [1.29, 1.82) is 0 Å². The van der Waals surface area contributed by atoms with Crippen molar-refractivity contribution in [3.8, 4) is 0 Å². The van der Waals surface area contributed by atoms with E-state index in [0.29, 0.717) is 24.2 Å². The molecule has 1 fully saturated rings. The smallest absolute Gasteiger partial charge is 0.307 e. The summed E-state index contributed by atoms with van der Waals surface area (Å²) in [5, 5.41) is 9.16. The Kier molecular flexibility index (Phi) is 2.64. The Hall–Kier alpha value is -1.91. The molecule has 1 aliphatic heterocycles. The second-order valence-electron chi connectivity index (χ2n) is 6.09. The first kappa shape index (κ1) is 13.1. The number of halogens is 1. The Morgan fingerprint density at radius 3 is 2.65 bits per heavy atom. The van der Waals surface area contributed by atoms with E-state index in [1.807, 2.05) is 0 Å². The van der Waals surface area contributed by atoms with Crippen LogP contribution in [-0.2, 0) is 16.0 Å². The van der Waals surface area contributed by atoms with Gasteiger partial charge in [0.05, 0.1) is 11.8 Å². The molecule has 0 unspecified atom stereocenters. The van der Waals surface area contributed by atoms with Crippen molar-refractivity contribution in [1.82, 2.24) is 0 Å². The van der Waals surface area contributed by atoms with Crippen molar-refractivity contribution in [2.24, 2.45) is 17.3 Å². The van der Waals surface area contributed by atoms with Gasteiger partial charge in [-0.25, -0.2) is 4.39 Å². The van der Waals surface area contributed by atoms with Gasteiger partial charge in [0.25, 0.3) is 0 Å². The van der Waals surface area contributed by atoms with Gasteiger partial charge in [-0.05, 0) is 24.0 Å². The fraction of sp³-hybridized carbons (Fsp3) is 0.467. The highest BCUT2D eigenvalue weighted by molar-refractivity contribution is 6.02. The van der Waals surface area contributed by atoms with E-state index in [0.717, 1.165) is 0 Å². The quantitative estimate of drug-likeness (QED) is 0.900. The van der Waals surface area contributed by atoms with E-state index in [-0.39, 0.29) is 11.7 Å². The summed E-state index contributed by atoms with van der Waals surface area (Å²) in [6, 6.07) is 4.68. The van der Waals surface area contributed by atoms with Crippen molar-refractivity contribution in [3.63, 3.8) is 0 Å². The molecule has 1 aliphatic carbocycles. The minimum absolute atomic E-state index is 0.202. The van der Waals surface area contributed by atoms with Gasteiger partial charge in [0, 0.05) is 17.8 Å². The summed E-state index contributed by atoms with van der Waals surface area (Å²) in [6.07, 6.45) is 0.485. The van der Waals surface area contributed by atoms with Crippen molar-refractivity contribution in [3.05, 3.63) is 29.6 Å². The third-order valence-corrected chi connectivity index (χ3v) is 4.60. The highest BCUT2D eigenvalue weighted by Crippen LogP contribution is 2.59. The van der Waals surface area contributed by atoms with Crippen LogP contribution in [0.25, 0.3) is 0 Å². The molecule has 3 rings (SSSR count). The van der Waals surface area contributed by atoms with Gasteiger partial charge in [0.15, 0.2) is 0 Å². The molecule has 1 aromatic carbocycles. The molecule has 0 aromatic heterocycles. The number of benzene rings is 1. The largest absolute Gasteiger partial charge is 0.481 e. The molecular weight excluding hydrogens is 261 g/mol. The number of carboxylic acid groups (broad SMARTS) is 1. The van der Waals surface area contributed by atoms with Gasteiger partial charge in [-0.2, -0.15) is 0 Å². The number of rotatable bonds is 2. The highest BCUT2D eigenvalue weighted by Gasteiger charge is 2.66. The predicted molar refractivity (Wildman–Crippen MR) is 70.9 cm³/mol. The monoisotopic (exact) mass is 277 g/mol. The van der Waals surface area contributed by atoms with Crippen molar-refractivity contribution in [2.45, 2.75) is 20.3 Å². The lowest BCUT2D eigenvalue weighted by atomic mass is 10.1. The fourth-order valence-corrected chi connectivity index (χ4v) is 3.35. The molecule has 0 radical (unpaired) electrons. The molecule has 1 aromatic rings. The molecule has 5 heteroatoms. The molecule has 106 valence electrons.